The first-order valence-corrected chi connectivity index (χ1v) is 11.1. The minimum absolute atomic E-state index is 0.0563. The average Bonchev–Trinajstić information content (AvgIpc) is 3.06. The van der Waals surface area contributed by atoms with Gasteiger partial charge in [0.15, 0.2) is 0 Å². The van der Waals surface area contributed by atoms with Crippen molar-refractivity contribution in [2.24, 2.45) is 0 Å². The highest BCUT2D eigenvalue weighted by molar-refractivity contribution is 7.09. The molecule has 7 heteroatoms. The zero-order valence-corrected chi connectivity index (χ0v) is 19.0. The van der Waals surface area contributed by atoms with Gasteiger partial charge < -0.3 is 19.7 Å². The fourth-order valence-electron chi connectivity index (χ4n) is 3.98. The fraction of sp³-hybridized carbons (Fsp3) is 0.375. The summed E-state index contributed by atoms with van der Waals surface area (Å²) in [5.41, 5.74) is 5.75. The number of aromatic amines is 1. The van der Waals surface area contributed by atoms with Crippen LogP contribution in [-0.4, -0.2) is 21.0 Å². The third kappa shape index (κ3) is 4.20. The van der Waals surface area contributed by atoms with Gasteiger partial charge in [-0.05, 0) is 55.0 Å². The van der Waals surface area contributed by atoms with E-state index in [1.165, 1.54) is 0 Å². The molecule has 1 aliphatic rings. The summed E-state index contributed by atoms with van der Waals surface area (Å²) in [6, 6.07) is 7.92. The second-order valence-electron chi connectivity index (χ2n) is 8.34. The van der Waals surface area contributed by atoms with Crippen LogP contribution in [-0.2, 0) is 24.2 Å². The van der Waals surface area contributed by atoms with Crippen LogP contribution in [0.4, 0.5) is 0 Å². The molecule has 2 heterocycles. The van der Waals surface area contributed by atoms with Gasteiger partial charge in [0.2, 0.25) is 11.7 Å². The minimum Gasteiger partial charge on any atom is -0.507 e. The van der Waals surface area contributed by atoms with Gasteiger partial charge in [0, 0.05) is 25.3 Å². The van der Waals surface area contributed by atoms with Gasteiger partial charge in [-0.1, -0.05) is 35.6 Å². The molecule has 0 spiro atoms. The van der Waals surface area contributed by atoms with Crippen molar-refractivity contribution in [1.29, 1.82) is 0 Å². The lowest BCUT2D eigenvalue weighted by Crippen LogP contribution is -2.39. The molecular formula is C24H27NO5S. The first-order chi connectivity index (χ1) is 14.7. The Balaban J connectivity index is 1.44. The zero-order chi connectivity index (χ0) is 22.3. The maximum absolute atomic E-state index is 11.3. The van der Waals surface area contributed by atoms with E-state index in [2.05, 4.69) is 4.98 Å². The summed E-state index contributed by atoms with van der Waals surface area (Å²) in [5, 5.41) is 20.1. The summed E-state index contributed by atoms with van der Waals surface area (Å²) in [6.45, 7) is 8.17. The SMILES string of the molecule is Cc1c(C)c2c(c(C)c1O)CCC(C)(OCc1ccc(Cc3sc(=O)[nH]c3O)cc1)O2. The number of phenolic OH excluding ortho intramolecular Hbond substituents is 1. The van der Waals surface area contributed by atoms with Gasteiger partial charge in [0.25, 0.3) is 0 Å². The van der Waals surface area contributed by atoms with Crippen molar-refractivity contribution in [2.75, 3.05) is 0 Å². The number of aromatic hydroxyl groups is 2. The highest BCUT2D eigenvalue weighted by atomic mass is 32.1. The maximum atomic E-state index is 11.3. The average molecular weight is 442 g/mol. The van der Waals surface area contributed by atoms with Crippen molar-refractivity contribution in [1.82, 2.24) is 4.98 Å². The van der Waals surface area contributed by atoms with E-state index < -0.39 is 5.79 Å². The van der Waals surface area contributed by atoms with Gasteiger partial charge in [-0.15, -0.1) is 0 Å². The molecular weight excluding hydrogens is 414 g/mol. The number of rotatable bonds is 5. The van der Waals surface area contributed by atoms with Crippen molar-refractivity contribution < 1.29 is 19.7 Å². The predicted molar refractivity (Wildman–Crippen MR) is 120 cm³/mol. The van der Waals surface area contributed by atoms with E-state index in [-0.39, 0.29) is 10.8 Å². The molecule has 1 aromatic heterocycles. The second kappa shape index (κ2) is 8.05. The van der Waals surface area contributed by atoms with Crippen LogP contribution >= 0.6 is 11.3 Å². The summed E-state index contributed by atoms with van der Waals surface area (Å²) in [4.78, 5) is 14.1. The highest BCUT2D eigenvalue weighted by Crippen LogP contribution is 2.43. The van der Waals surface area contributed by atoms with Gasteiger partial charge >= 0.3 is 4.87 Å². The molecule has 1 atom stereocenters. The second-order valence-corrected chi connectivity index (χ2v) is 9.40. The van der Waals surface area contributed by atoms with Crippen LogP contribution in [0.3, 0.4) is 0 Å². The van der Waals surface area contributed by atoms with Crippen LogP contribution in [0.2, 0.25) is 0 Å². The van der Waals surface area contributed by atoms with Crippen molar-refractivity contribution in [3.05, 3.63) is 72.2 Å². The smallest absolute Gasteiger partial charge is 0.307 e. The van der Waals surface area contributed by atoms with E-state index in [1.807, 2.05) is 52.0 Å². The van der Waals surface area contributed by atoms with Gasteiger partial charge in [0.05, 0.1) is 11.5 Å². The molecule has 0 fully saturated rings. The first kappa shape index (κ1) is 21.5. The third-order valence-electron chi connectivity index (χ3n) is 6.12. The lowest BCUT2D eigenvalue weighted by molar-refractivity contribution is -0.188. The number of ether oxygens (including phenoxy) is 2. The molecule has 164 valence electrons. The maximum Gasteiger partial charge on any atom is 0.307 e. The van der Waals surface area contributed by atoms with E-state index in [9.17, 15) is 15.0 Å². The van der Waals surface area contributed by atoms with Gasteiger partial charge in [-0.3, -0.25) is 9.78 Å². The molecule has 2 aromatic carbocycles. The van der Waals surface area contributed by atoms with Crippen molar-refractivity contribution in [3.8, 4) is 17.4 Å². The molecule has 31 heavy (non-hydrogen) atoms. The van der Waals surface area contributed by atoms with E-state index in [1.54, 1.807) is 0 Å². The predicted octanol–water partition coefficient (Wildman–Crippen LogP) is 4.62. The molecule has 1 unspecified atom stereocenters. The molecule has 6 nitrogen and oxygen atoms in total. The minimum atomic E-state index is -0.741. The topological polar surface area (TPSA) is 91.8 Å². The Morgan fingerprint density at radius 3 is 2.42 bits per heavy atom. The number of thiazole rings is 1. The Hall–Kier alpha value is -2.77. The van der Waals surface area contributed by atoms with Crippen LogP contribution in [0.15, 0.2) is 29.1 Å². The van der Waals surface area contributed by atoms with Gasteiger partial charge in [0.1, 0.15) is 11.5 Å². The first-order valence-electron chi connectivity index (χ1n) is 10.3. The number of benzene rings is 2. The quantitative estimate of drug-likeness (QED) is 0.537. The Bertz CT molecular complexity index is 1180. The Labute approximate surface area is 185 Å². The summed E-state index contributed by atoms with van der Waals surface area (Å²) in [6.07, 6.45) is 1.99. The molecule has 0 saturated carbocycles. The Kier molecular flexibility index (Phi) is 5.58. The molecule has 4 rings (SSSR count). The number of hydrogen-bond donors (Lipinski definition) is 3. The normalized spacial score (nSPS) is 17.9. The number of H-pyrrole nitrogens is 1. The van der Waals surface area contributed by atoms with Crippen molar-refractivity contribution in [3.63, 3.8) is 0 Å². The third-order valence-corrected chi connectivity index (χ3v) is 6.99. The van der Waals surface area contributed by atoms with Gasteiger partial charge in [-0.2, -0.15) is 0 Å². The summed E-state index contributed by atoms with van der Waals surface area (Å²) < 4.78 is 12.5. The number of phenols is 1. The van der Waals surface area contributed by atoms with Crippen LogP contribution in [0, 0.1) is 20.8 Å². The van der Waals surface area contributed by atoms with E-state index in [0.717, 1.165) is 56.9 Å². The molecule has 0 aliphatic carbocycles. The van der Waals surface area contributed by atoms with Gasteiger partial charge in [-0.25, -0.2) is 0 Å². The molecule has 0 saturated heterocycles. The number of fused-ring (bicyclic) bond motifs is 1. The molecule has 0 radical (unpaired) electrons. The lowest BCUT2D eigenvalue weighted by atomic mass is 9.91. The highest BCUT2D eigenvalue weighted by Gasteiger charge is 2.35. The monoisotopic (exact) mass is 441 g/mol. The lowest BCUT2D eigenvalue weighted by Gasteiger charge is -2.37. The summed E-state index contributed by atoms with van der Waals surface area (Å²) in [5.74, 6) is 0.376. The summed E-state index contributed by atoms with van der Waals surface area (Å²) >= 11 is 1.02. The molecule has 0 amide bonds. The van der Waals surface area contributed by atoms with E-state index in [0.29, 0.717) is 30.1 Å². The van der Waals surface area contributed by atoms with Crippen LogP contribution in [0.25, 0.3) is 0 Å². The van der Waals surface area contributed by atoms with E-state index in [4.69, 9.17) is 9.47 Å². The Morgan fingerprint density at radius 1 is 1.10 bits per heavy atom. The number of nitrogens with one attached hydrogen (secondary N) is 1. The number of hydrogen-bond acceptors (Lipinski definition) is 6. The van der Waals surface area contributed by atoms with E-state index >= 15 is 0 Å². The van der Waals surface area contributed by atoms with Crippen molar-refractivity contribution >= 4 is 11.3 Å². The molecule has 0 bridgehead atoms. The largest absolute Gasteiger partial charge is 0.507 e. The Morgan fingerprint density at radius 2 is 1.77 bits per heavy atom. The van der Waals surface area contributed by atoms with Crippen LogP contribution in [0.5, 0.6) is 17.4 Å². The number of aromatic nitrogens is 1. The molecule has 1 aliphatic heterocycles. The fourth-order valence-corrected chi connectivity index (χ4v) is 4.73. The summed E-state index contributed by atoms with van der Waals surface area (Å²) in [7, 11) is 0. The van der Waals surface area contributed by atoms with Crippen molar-refractivity contribution in [2.45, 2.75) is 59.4 Å². The van der Waals surface area contributed by atoms with Crippen LogP contribution in [0.1, 0.15) is 51.6 Å². The molecule has 3 N–H and O–H groups in total. The van der Waals surface area contributed by atoms with Crippen LogP contribution < -0.4 is 9.61 Å². The zero-order valence-electron chi connectivity index (χ0n) is 18.2. The standard InChI is InChI=1S/C24H27NO5S/c1-13-14(2)21-18(15(3)20(13)26)9-10-24(4,30-21)29-12-17-7-5-16(6-8-17)11-19-22(27)25-23(28)31-19/h5-8,26-27H,9-12H2,1-4H3,(H,25,28). The molecule has 3 aromatic rings.